The van der Waals surface area contributed by atoms with Gasteiger partial charge in [0, 0.05) is 6.54 Å². The highest BCUT2D eigenvalue weighted by molar-refractivity contribution is 7.12. The number of rotatable bonds is 8. The van der Waals surface area contributed by atoms with Gasteiger partial charge in [-0.15, -0.1) is 11.3 Å². The minimum Gasteiger partial charge on any atom is -0.303 e. The lowest BCUT2D eigenvalue weighted by molar-refractivity contribution is -0.137. The van der Waals surface area contributed by atoms with Crippen LogP contribution in [-0.4, -0.2) is 47.7 Å². The van der Waals surface area contributed by atoms with Gasteiger partial charge in [-0.3, -0.25) is 9.69 Å². The summed E-state index contributed by atoms with van der Waals surface area (Å²) in [6.07, 6.45) is -1.93. The van der Waals surface area contributed by atoms with Crippen LogP contribution in [0.1, 0.15) is 52.3 Å². The second kappa shape index (κ2) is 11.9. The van der Waals surface area contributed by atoms with Crippen molar-refractivity contribution in [3.05, 3.63) is 130 Å². The fourth-order valence-corrected chi connectivity index (χ4v) is 6.89. The number of thiophene rings is 1. The summed E-state index contributed by atoms with van der Waals surface area (Å²) in [5, 5.41) is 2.00. The lowest BCUT2D eigenvalue weighted by Crippen LogP contribution is -2.43. The first kappa shape index (κ1) is 28.4. The van der Waals surface area contributed by atoms with Gasteiger partial charge in [0.25, 0.3) is 5.91 Å². The molecule has 216 valence electrons. The van der Waals surface area contributed by atoms with Crippen LogP contribution >= 0.6 is 11.3 Å². The first-order valence-electron chi connectivity index (χ1n) is 14.3. The van der Waals surface area contributed by atoms with Crippen LogP contribution in [0.15, 0.2) is 107 Å². The highest BCUT2D eigenvalue weighted by Gasteiger charge is 2.51. The van der Waals surface area contributed by atoms with E-state index in [0.717, 1.165) is 66.5 Å². The quantitative estimate of drug-likeness (QED) is 0.213. The van der Waals surface area contributed by atoms with E-state index in [1.54, 1.807) is 11.3 Å². The summed E-state index contributed by atoms with van der Waals surface area (Å²) in [7, 11) is 0. The minimum atomic E-state index is -4.33. The Balaban J connectivity index is 1.17. The summed E-state index contributed by atoms with van der Waals surface area (Å²) >= 11 is 1.57. The number of piperidine rings is 1. The number of hydrogen-bond acceptors (Lipinski definition) is 4. The Kier molecular flexibility index (Phi) is 8.01. The molecule has 1 aromatic heterocycles. The van der Waals surface area contributed by atoms with Gasteiger partial charge in [-0.2, -0.15) is 13.2 Å². The first-order chi connectivity index (χ1) is 20.4. The van der Waals surface area contributed by atoms with E-state index < -0.39 is 17.3 Å². The molecule has 3 heterocycles. The molecule has 1 saturated heterocycles. The Labute approximate surface area is 248 Å². The van der Waals surface area contributed by atoms with Crippen molar-refractivity contribution in [1.29, 1.82) is 0 Å². The summed E-state index contributed by atoms with van der Waals surface area (Å²) < 4.78 is 39.6. The number of nitrogens with zero attached hydrogens (tertiary/aromatic N) is 3. The van der Waals surface area contributed by atoms with Gasteiger partial charge in [0.05, 0.1) is 10.4 Å². The van der Waals surface area contributed by atoms with Gasteiger partial charge in [0.2, 0.25) is 0 Å². The fourth-order valence-electron chi connectivity index (χ4n) is 6.17. The van der Waals surface area contributed by atoms with Crippen LogP contribution < -0.4 is 0 Å². The van der Waals surface area contributed by atoms with Crippen molar-refractivity contribution >= 4 is 23.1 Å². The molecule has 0 bridgehead atoms. The zero-order valence-corrected chi connectivity index (χ0v) is 24.0. The number of likely N-dealkylation sites (tertiary alicyclic amines) is 1. The van der Waals surface area contributed by atoms with Crippen molar-refractivity contribution in [2.75, 3.05) is 26.2 Å². The van der Waals surface area contributed by atoms with E-state index in [-0.39, 0.29) is 11.8 Å². The zero-order valence-electron chi connectivity index (χ0n) is 23.1. The molecule has 3 aromatic carbocycles. The van der Waals surface area contributed by atoms with E-state index >= 15 is 0 Å². The molecule has 2 aliphatic heterocycles. The number of amidine groups is 1. The average molecular weight is 588 g/mol. The summed E-state index contributed by atoms with van der Waals surface area (Å²) in [5.41, 5.74) is 0.722. The SMILES string of the molecule is O=C1N(CCCN2CCC(c3cccc(C(F)(F)F)c3)CC2)C(c2cccs2)=NC1(c1ccccc1)c1ccccc1. The molecular formula is C34H32F3N3OS. The molecule has 0 radical (unpaired) electrons. The largest absolute Gasteiger partial charge is 0.416 e. The van der Waals surface area contributed by atoms with E-state index in [1.807, 2.05) is 89.1 Å². The lowest BCUT2D eigenvalue weighted by Gasteiger charge is -2.33. The molecule has 2 aliphatic rings. The molecule has 4 nitrogen and oxygen atoms in total. The van der Waals surface area contributed by atoms with E-state index in [2.05, 4.69) is 4.90 Å². The standard InChI is InChI=1S/C34H32F3N3OS/c35-34(36,37)29-15-7-10-26(24-29)25-17-21-39(22-18-25)19-9-20-40-31(30-16-8-23-42-30)38-33(32(40)41,27-11-3-1-4-12-27)28-13-5-2-6-14-28/h1-8,10-16,23-25H,9,17-22H2. The van der Waals surface area contributed by atoms with Crippen LogP contribution in [0.25, 0.3) is 0 Å². The Morgan fingerprint density at radius 3 is 2.10 bits per heavy atom. The van der Waals surface area contributed by atoms with E-state index in [9.17, 15) is 18.0 Å². The summed E-state index contributed by atoms with van der Waals surface area (Å²) in [4.78, 5) is 24.8. The van der Waals surface area contributed by atoms with E-state index in [4.69, 9.17) is 4.99 Å². The molecule has 0 N–H and O–H groups in total. The maximum absolute atomic E-state index is 14.4. The Morgan fingerprint density at radius 2 is 1.50 bits per heavy atom. The molecule has 0 saturated carbocycles. The number of benzene rings is 3. The molecule has 0 aliphatic carbocycles. The predicted molar refractivity (Wildman–Crippen MR) is 161 cm³/mol. The van der Waals surface area contributed by atoms with Gasteiger partial charge in [-0.1, -0.05) is 84.9 Å². The van der Waals surface area contributed by atoms with Gasteiger partial charge in [-0.25, -0.2) is 4.99 Å². The first-order valence-corrected chi connectivity index (χ1v) is 15.2. The van der Waals surface area contributed by atoms with Crippen molar-refractivity contribution in [1.82, 2.24) is 9.80 Å². The third-order valence-corrected chi connectivity index (χ3v) is 9.20. The van der Waals surface area contributed by atoms with E-state index in [1.165, 1.54) is 12.1 Å². The zero-order chi connectivity index (χ0) is 29.2. The molecular weight excluding hydrogens is 555 g/mol. The highest BCUT2D eigenvalue weighted by Crippen LogP contribution is 2.42. The van der Waals surface area contributed by atoms with Crippen molar-refractivity contribution in [3.8, 4) is 0 Å². The minimum absolute atomic E-state index is 0.0495. The molecule has 0 unspecified atom stereocenters. The second-order valence-electron chi connectivity index (χ2n) is 10.9. The second-order valence-corrected chi connectivity index (χ2v) is 11.9. The molecule has 0 atom stereocenters. The number of carbonyl (C=O) groups is 1. The maximum atomic E-state index is 14.4. The number of aliphatic imine (C=N–C) groups is 1. The maximum Gasteiger partial charge on any atom is 0.416 e. The Hall–Kier alpha value is -3.75. The molecule has 6 rings (SSSR count). The molecule has 0 spiro atoms. The van der Waals surface area contributed by atoms with Crippen LogP contribution in [0, 0.1) is 0 Å². The number of hydrogen-bond donors (Lipinski definition) is 0. The molecule has 42 heavy (non-hydrogen) atoms. The van der Waals surface area contributed by atoms with Gasteiger partial charge >= 0.3 is 6.18 Å². The van der Waals surface area contributed by atoms with E-state index in [0.29, 0.717) is 12.4 Å². The molecule has 8 heteroatoms. The molecule has 4 aromatic rings. The summed E-state index contributed by atoms with van der Waals surface area (Å²) in [5.74, 6) is 0.774. The van der Waals surface area contributed by atoms with Crippen LogP contribution in [0.4, 0.5) is 13.2 Å². The number of halogens is 3. The number of carbonyl (C=O) groups excluding carboxylic acids is 1. The third-order valence-electron chi connectivity index (χ3n) is 8.34. The van der Waals surface area contributed by atoms with Crippen molar-refractivity contribution in [3.63, 3.8) is 0 Å². The topological polar surface area (TPSA) is 35.9 Å². The van der Waals surface area contributed by atoms with Crippen LogP contribution in [0.5, 0.6) is 0 Å². The van der Waals surface area contributed by atoms with Gasteiger partial charge in [0.15, 0.2) is 5.54 Å². The fraction of sp³-hybridized carbons (Fsp3) is 0.294. The average Bonchev–Trinajstić information content (AvgIpc) is 3.65. The van der Waals surface area contributed by atoms with Crippen molar-refractivity contribution in [2.45, 2.75) is 36.9 Å². The Bertz CT molecular complexity index is 1490. The van der Waals surface area contributed by atoms with Gasteiger partial charge in [0.1, 0.15) is 5.84 Å². The molecule has 1 fully saturated rings. The van der Waals surface area contributed by atoms with Gasteiger partial charge < -0.3 is 4.90 Å². The van der Waals surface area contributed by atoms with Crippen LogP contribution in [-0.2, 0) is 16.5 Å². The predicted octanol–water partition coefficient (Wildman–Crippen LogP) is 7.57. The van der Waals surface area contributed by atoms with Crippen molar-refractivity contribution < 1.29 is 18.0 Å². The monoisotopic (exact) mass is 587 g/mol. The normalized spacial score (nSPS) is 17.9. The van der Waals surface area contributed by atoms with Crippen LogP contribution in [0.3, 0.4) is 0 Å². The third kappa shape index (κ3) is 5.53. The number of alkyl halides is 3. The summed E-state index contributed by atoms with van der Waals surface area (Å²) in [6.45, 7) is 2.97. The highest BCUT2D eigenvalue weighted by atomic mass is 32.1. The van der Waals surface area contributed by atoms with Gasteiger partial charge in [-0.05, 0) is 79.0 Å². The Morgan fingerprint density at radius 1 is 0.833 bits per heavy atom. The van der Waals surface area contributed by atoms with Crippen molar-refractivity contribution in [2.24, 2.45) is 4.99 Å². The smallest absolute Gasteiger partial charge is 0.303 e. The van der Waals surface area contributed by atoms with Crippen LogP contribution in [0.2, 0.25) is 0 Å². The lowest BCUT2D eigenvalue weighted by atomic mass is 9.83. The number of amides is 1. The summed E-state index contributed by atoms with van der Waals surface area (Å²) in [6, 6.07) is 29.3. The molecule has 1 amide bonds.